The van der Waals surface area contributed by atoms with Crippen LogP contribution in [0.4, 0.5) is 0 Å². The van der Waals surface area contributed by atoms with E-state index in [9.17, 15) is 0 Å². The van der Waals surface area contributed by atoms with Crippen molar-refractivity contribution in [2.24, 2.45) is 0 Å². The Morgan fingerprint density at radius 1 is 0.889 bits per heavy atom. The van der Waals surface area contributed by atoms with Gasteiger partial charge in [-0.2, -0.15) is 4.98 Å². The molecule has 3 aromatic heterocycles. The molecule has 18 heavy (non-hydrogen) atoms. The Hall–Kier alpha value is -2.56. The molecule has 0 atom stereocenters. The van der Waals surface area contributed by atoms with Gasteiger partial charge in [0.15, 0.2) is 0 Å². The highest BCUT2D eigenvalue weighted by molar-refractivity contribution is 5.59. The minimum absolute atomic E-state index is 0.491. The molecule has 3 rings (SSSR count). The van der Waals surface area contributed by atoms with Crippen molar-refractivity contribution in [2.45, 2.75) is 6.92 Å². The Morgan fingerprint density at radius 2 is 1.72 bits per heavy atom. The number of aromatic nitrogens is 4. The molecule has 0 fully saturated rings. The molecule has 0 radical (unpaired) electrons. The van der Waals surface area contributed by atoms with Gasteiger partial charge in [-0.15, -0.1) is 0 Å². The third-order valence-electron chi connectivity index (χ3n) is 2.43. The summed E-state index contributed by atoms with van der Waals surface area (Å²) >= 11 is 0. The lowest BCUT2D eigenvalue weighted by molar-refractivity contribution is 0.394. The van der Waals surface area contributed by atoms with E-state index in [1.165, 1.54) is 0 Å². The quantitative estimate of drug-likeness (QED) is 0.686. The van der Waals surface area contributed by atoms with Gasteiger partial charge in [-0.05, 0) is 24.3 Å². The lowest BCUT2D eigenvalue weighted by Gasteiger charge is -2.00. The van der Waals surface area contributed by atoms with Gasteiger partial charge in [-0.25, -0.2) is 4.98 Å². The molecule has 5 nitrogen and oxygen atoms in total. The van der Waals surface area contributed by atoms with Crippen molar-refractivity contribution in [2.75, 3.05) is 0 Å². The lowest BCUT2D eigenvalue weighted by atomic mass is 10.2. The van der Waals surface area contributed by atoms with Crippen LogP contribution in [0.1, 0.15) is 5.89 Å². The summed E-state index contributed by atoms with van der Waals surface area (Å²) in [5.74, 6) is 1.01. The zero-order valence-corrected chi connectivity index (χ0v) is 9.74. The van der Waals surface area contributed by atoms with Crippen molar-refractivity contribution in [3.8, 4) is 22.9 Å². The molecule has 0 saturated heterocycles. The molecule has 0 aromatic carbocycles. The van der Waals surface area contributed by atoms with Crippen molar-refractivity contribution >= 4 is 0 Å². The Morgan fingerprint density at radius 3 is 2.44 bits per heavy atom. The largest absolute Gasteiger partial charge is 0.339 e. The molecule has 88 valence electrons. The van der Waals surface area contributed by atoms with E-state index in [1.54, 1.807) is 13.1 Å². The number of pyridine rings is 2. The third kappa shape index (κ3) is 1.98. The zero-order valence-electron chi connectivity index (χ0n) is 9.74. The van der Waals surface area contributed by atoms with E-state index < -0.39 is 0 Å². The average Bonchev–Trinajstić information content (AvgIpc) is 2.87. The van der Waals surface area contributed by atoms with Gasteiger partial charge in [0.05, 0.1) is 11.4 Å². The highest BCUT2D eigenvalue weighted by Crippen LogP contribution is 2.18. The Bertz CT molecular complexity index is 664. The second-order valence-electron chi connectivity index (χ2n) is 3.76. The molecule has 0 aliphatic rings. The van der Waals surface area contributed by atoms with E-state index in [2.05, 4.69) is 20.1 Å². The van der Waals surface area contributed by atoms with Gasteiger partial charge in [0.25, 0.3) is 0 Å². The van der Waals surface area contributed by atoms with Gasteiger partial charge in [0.2, 0.25) is 11.7 Å². The Labute approximate surface area is 104 Å². The first-order valence-corrected chi connectivity index (χ1v) is 5.52. The lowest BCUT2D eigenvalue weighted by Crippen LogP contribution is -1.90. The summed E-state index contributed by atoms with van der Waals surface area (Å²) in [6, 6.07) is 11.4. The number of nitrogens with zero attached hydrogens (tertiary/aromatic N) is 4. The van der Waals surface area contributed by atoms with Crippen LogP contribution in [0.2, 0.25) is 0 Å². The van der Waals surface area contributed by atoms with Crippen molar-refractivity contribution < 1.29 is 4.52 Å². The minimum atomic E-state index is 0.491. The smallest absolute Gasteiger partial charge is 0.223 e. The predicted molar refractivity (Wildman–Crippen MR) is 65.5 cm³/mol. The van der Waals surface area contributed by atoms with E-state index in [0.29, 0.717) is 17.4 Å². The maximum atomic E-state index is 4.95. The Kier molecular flexibility index (Phi) is 2.57. The summed E-state index contributed by atoms with van der Waals surface area (Å²) in [6.45, 7) is 1.75. The molecule has 3 aromatic rings. The van der Waals surface area contributed by atoms with Crippen LogP contribution >= 0.6 is 0 Å². The highest BCUT2D eigenvalue weighted by atomic mass is 16.5. The van der Waals surface area contributed by atoms with Gasteiger partial charge < -0.3 is 4.52 Å². The second-order valence-corrected chi connectivity index (χ2v) is 3.76. The third-order valence-corrected chi connectivity index (χ3v) is 2.43. The standard InChI is InChI=1S/C13H10N4O/c1-9-15-13(17-18-9)12-7-4-6-11(16-12)10-5-2-3-8-14-10/h2-8H,1H3. The number of hydrogen-bond donors (Lipinski definition) is 0. The molecule has 3 heterocycles. The van der Waals surface area contributed by atoms with E-state index in [1.807, 2.05) is 36.4 Å². The van der Waals surface area contributed by atoms with Crippen LogP contribution in [0.3, 0.4) is 0 Å². The summed E-state index contributed by atoms with van der Waals surface area (Å²) < 4.78 is 4.95. The minimum Gasteiger partial charge on any atom is -0.339 e. The van der Waals surface area contributed by atoms with Gasteiger partial charge in [-0.3, -0.25) is 4.98 Å². The summed E-state index contributed by atoms with van der Waals surface area (Å²) in [5, 5.41) is 3.85. The molecule has 0 unspecified atom stereocenters. The molecular formula is C13H10N4O. The van der Waals surface area contributed by atoms with Gasteiger partial charge in [-0.1, -0.05) is 17.3 Å². The first kappa shape index (κ1) is 10.6. The van der Waals surface area contributed by atoms with E-state index in [-0.39, 0.29) is 0 Å². The molecule has 0 bridgehead atoms. The SMILES string of the molecule is Cc1nc(-c2cccc(-c3ccccn3)n2)no1. The zero-order chi connectivity index (χ0) is 12.4. The fourth-order valence-corrected chi connectivity index (χ4v) is 1.62. The molecule has 0 amide bonds. The van der Waals surface area contributed by atoms with Gasteiger partial charge in [0, 0.05) is 13.1 Å². The molecule has 0 saturated carbocycles. The molecule has 0 N–H and O–H groups in total. The average molecular weight is 238 g/mol. The van der Waals surface area contributed by atoms with Gasteiger partial charge >= 0.3 is 0 Å². The fraction of sp³-hybridized carbons (Fsp3) is 0.0769. The number of aryl methyl sites for hydroxylation is 1. The predicted octanol–water partition coefficient (Wildman–Crippen LogP) is 2.50. The first-order chi connectivity index (χ1) is 8.83. The van der Waals surface area contributed by atoms with Gasteiger partial charge in [0.1, 0.15) is 5.69 Å². The maximum absolute atomic E-state index is 4.95. The first-order valence-electron chi connectivity index (χ1n) is 5.52. The normalized spacial score (nSPS) is 10.5. The van der Waals surface area contributed by atoms with Crippen LogP contribution in [0.15, 0.2) is 47.1 Å². The van der Waals surface area contributed by atoms with Crippen LogP contribution in [-0.4, -0.2) is 20.1 Å². The summed E-state index contributed by atoms with van der Waals surface area (Å²) in [6.07, 6.45) is 1.74. The van der Waals surface area contributed by atoms with Crippen LogP contribution < -0.4 is 0 Å². The summed E-state index contributed by atoms with van der Waals surface area (Å²) in [5.41, 5.74) is 2.28. The van der Waals surface area contributed by atoms with Crippen molar-refractivity contribution in [3.63, 3.8) is 0 Å². The van der Waals surface area contributed by atoms with E-state index in [4.69, 9.17) is 4.52 Å². The van der Waals surface area contributed by atoms with Crippen LogP contribution in [0.5, 0.6) is 0 Å². The molecular weight excluding hydrogens is 228 g/mol. The molecule has 0 aliphatic carbocycles. The monoisotopic (exact) mass is 238 g/mol. The summed E-state index contributed by atoms with van der Waals surface area (Å²) in [7, 11) is 0. The number of hydrogen-bond acceptors (Lipinski definition) is 5. The fourth-order valence-electron chi connectivity index (χ4n) is 1.62. The van der Waals surface area contributed by atoms with E-state index in [0.717, 1.165) is 11.4 Å². The molecule has 5 heteroatoms. The topological polar surface area (TPSA) is 64.7 Å². The second kappa shape index (κ2) is 4.37. The van der Waals surface area contributed by atoms with Crippen molar-refractivity contribution in [1.29, 1.82) is 0 Å². The van der Waals surface area contributed by atoms with Crippen molar-refractivity contribution in [3.05, 3.63) is 48.5 Å². The van der Waals surface area contributed by atoms with Crippen LogP contribution in [0, 0.1) is 6.92 Å². The van der Waals surface area contributed by atoms with E-state index >= 15 is 0 Å². The molecule has 0 spiro atoms. The highest BCUT2D eigenvalue weighted by Gasteiger charge is 2.08. The maximum Gasteiger partial charge on any atom is 0.223 e. The number of rotatable bonds is 2. The molecule has 0 aliphatic heterocycles. The summed E-state index contributed by atoms with van der Waals surface area (Å²) in [4.78, 5) is 12.9. The van der Waals surface area contributed by atoms with Crippen molar-refractivity contribution in [1.82, 2.24) is 20.1 Å². The van der Waals surface area contributed by atoms with Crippen LogP contribution in [-0.2, 0) is 0 Å². The Balaban J connectivity index is 2.05. The van der Waals surface area contributed by atoms with Crippen LogP contribution in [0.25, 0.3) is 22.9 Å².